The second-order valence-corrected chi connectivity index (χ2v) is 18.9. The molecule has 46 heavy (non-hydrogen) atoms. The van der Waals surface area contributed by atoms with Gasteiger partial charge in [0.05, 0.1) is 6.10 Å². The molecule has 0 unspecified atom stereocenters. The molecular formula is C35H46N6O4Si. The fourth-order valence-corrected chi connectivity index (χ4v) is 6.86. The normalized spacial score (nSPS) is 16.0. The van der Waals surface area contributed by atoms with E-state index < -0.39 is 49.3 Å². The van der Waals surface area contributed by atoms with E-state index in [1.54, 1.807) is 27.7 Å². The minimum atomic E-state index is -2.39. The zero-order chi connectivity index (χ0) is 33.8. The number of amides is 2. The molecule has 0 bridgehead atoms. The lowest BCUT2D eigenvalue weighted by Gasteiger charge is -2.45. The molecule has 0 fully saturated rings. The molecule has 0 aliphatic carbocycles. The lowest BCUT2D eigenvalue weighted by Crippen LogP contribution is -2.65. The molecule has 4 rings (SSSR count). The number of nitrogens with zero attached hydrogens (tertiary/aromatic N) is 4. The lowest BCUT2D eigenvalue weighted by atomic mass is 9.64. The summed E-state index contributed by atoms with van der Waals surface area (Å²) in [6.45, 7) is 17.6. The highest BCUT2D eigenvalue weighted by Crippen LogP contribution is 2.50. The largest absolute Gasteiger partial charge is 0.444 e. The summed E-state index contributed by atoms with van der Waals surface area (Å²) in [7, 11) is -2.39. The zero-order valence-electron chi connectivity index (χ0n) is 28.2. The first-order valence-corrected chi connectivity index (χ1v) is 18.4. The molecule has 3 aromatic carbocycles. The zero-order valence-corrected chi connectivity index (χ0v) is 29.2. The first-order valence-electron chi connectivity index (χ1n) is 15.5. The Morgan fingerprint density at radius 2 is 1.15 bits per heavy atom. The quantitative estimate of drug-likeness (QED) is 0.172. The Morgan fingerprint density at radius 3 is 1.52 bits per heavy atom. The van der Waals surface area contributed by atoms with E-state index in [9.17, 15) is 9.59 Å². The minimum Gasteiger partial charge on any atom is -0.444 e. The van der Waals surface area contributed by atoms with Crippen molar-refractivity contribution < 1.29 is 18.8 Å². The summed E-state index contributed by atoms with van der Waals surface area (Å²) in [4.78, 5) is 27.9. The molecule has 0 saturated heterocycles. The van der Waals surface area contributed by atoms with Gasteiger partial charge in [0.25, 0.3) is 5.79 Å². The Morgan fingerprint density at radius 1 is 0.739 bits per heavy atom. The second kappa shape index (κ2) is 13.3. The van der Waals surface area contributed by atoms with Crippen LogP contribution < -0.4 is 10.6 Å². The number of nitrogens with one attached hydrogen (secondary N) is 2. The van der Waals surface area contributed by atoms with Crippen molar-refractivity contribution in [3.05, 3.63) is 108 Å². The van der Waals surface area contributed by atoms with Gasteiger partial charge in [0.15, 0.2) is 8.32 Å². The van der Waals surface area contributed by atoms with Gasteiger partial charge in [0.2, 0.25) is 5.91 Å². The van der Waals surface area contributed by atoms with Crippen molar-refractivity contribution in [1.82, 2.24) is 10.6 Å². The van der Waals surface area contributed by atoms with Crippen molar-refractivity contribution in [3.63, 3.8) is 0 Å². The maximum Gasteiger partial charge on any atom is 0.408 e. The average molecular weight is 643 g/mol. The fraction of sp³-hybridized carbons (Fsp3) is 0.429. The Kier molecular flexibility index (Phi) is 9.98. The molecule has 1 aliphatic rings. The van der Waals surface area contributed by atoms with Crippen molar-refractivity contribution in [2.75, 3.05) is 0 Å². The molecule has 0 aromatic heterocycles. The number of rotatable bonds is 10. The van der Waals surface area contributed by atoms with Gasteiger partial charge in [-0.25, -0.2) is 4.79 Å². The maximum absolute atomic E-state index is 14.7. The van der Waals surface area contributed by atoms with Crippen molar-refractivity contribution in [3.8, 4) is 0 Å². The van der Waals surface area contributed by atoms with Gasteiger partial charge in [-0.15, -0.1) is 10.2 Å². The monoisotopic (exact) mass is 642 g/mol. The number of ether oxygens (including phenoxy) is 1. The summed E-state index contributed by atoms with van der Waals surface area (Å²) >= 11 is 0. The maximum atomic E-state index is 14.7. The van der Waals surface area contributed by atoms with Crippen molar-refractivity contribution in [1.29, 1.82) is 0 Å². The van der Waals surface area contributed by atoms with Crippen LogP contribution in [0.25, 0.3) is 0 Å². The number of alkyl carbamates (subject to hydrolysis) is 1. The summed E-state index contributed by atoms with van der Waals surface area (Å²) in [6.07, 6.45) is -1.48. The van der Waals surface area contributed by atoms with Gasteiger partial charge >= 0.3 is 6.09 Å². The standard InChI is InChI=1S/C35H46N6O4Si/c1-25(45-46(8,9)33(5,6)7)29(36-31(43)44-32(2,3)4)30(42)37-35(38-40-41-39-35)34(26-19-13-10-14-20-26,27-21-15-11-16-22-27)28-23-17-12-18-24-28/h10-25,29H,1-9H3,(H,36,43)(H,37,42)/t25-,29+/m1/s1. The minimum absolute atomic E-state index is 0.146. The third-order valence-corrected chi connectivity index (χ3v) is 13.1. The van der Waals surface area contributed by atoms with Crippen LogP contribution in [0.1, 0.15) is 65.2 Å². The number of benzene rings is 3. The van der Waals surface area contributed by atoms with Gasteiger partial charge in [0, 0.05) is 0 Å². The second-order valence-electron chi connectivity index (χ2n) is 14.1. The van der Waals surface area contributed by atoms with E-state index in [1.165, 1.54) is 0 Å². The molecule has 2 atom stereocenters. The molecule has 11 heteroatoms. The highest BCUT2D eigenvalue weighted by molar-refractivity contribution is 6.74. The van der Waals surface area contributed by atoms with E-state index in [1.807, 2.05) is 91.0 Å². The van der Waals surface area contributed by atoms with E-state index in [4.69, 9.17) is 9.16 Å². The van der Waals surface area contributed by atoms with Crippen molar-refractivity contribution in [2.24, 2.45) is 20.7 Å². The van der Waals surface area contributed by atoms with Crippen molar-refractivity contribution in [2.45, 2.75) is 95.5 Å². The van der Waals surface area contributed by atoms with Crippen molar-refractivity contribution >= 4 is 20.3 Å². The molecule has 244 valence electrons. The fourth-order valence-electron chi connectivity index (χ4n) is 5.44. The van der Waals surface area contributed by atoms with Crippen LogP contribution in [0.15, 0.2) is 112 Å². The molecular weight excluding hydrogens is 597 g/mol. The molecule has 0 saturated carbocycles. The summed E-state index contributed by atoms with van der Waals surface area (Å²) in [5.41, 5.74) is 0.391. The topological polar surface area (TPSA) is 126 Å². The first-order chi connectivity index (χ1) is 21.5. The van der Waals surface area contributed by atoms with Crippen LogP contribution in [-0.4, -0.2) is 43.9 Å². The molecule has 2 amide bonds. The van der Waals surface area contributed by atoms with Crippen LogP contribution in [0.5, 0.6) is 0 Å². The average Bonchev–Trinajstić information content (AvgIpc) is 3.45. The van der Waals surface area contributed by atoms with Gasteiger partial charge in [0.1, 0.15) is 17.1 Å². The lowest BCUT2D eigenvalue weighted by molar-refractivity contribution is -0.127. The molecule has 0 spiro atoms. The SMILES string of the molecule is C[C@@H](O[Si](C)(C)C(C)(C)C)[C@H](NC(=O)OC(C)(C)C)C(=O)NC1(C(c2ccccc2)(c2ccccc2)c2ccccc2)N=NN=N1. The number of carbonyl (C=O) groups is 2. The van der Waals surface area contributed by atoms with Crippen LogP contribution in [0, 0.1) is 0 Å². The van der Waals surface area contributed by atoms with E-state index in [-0.39, 0.29) is 5.04 Å². The van der Waals surface area contributed by atoms with Crippen LogP contribution in [0.3, 0.4) is 0 Å². The third-order valence-electron chi connectivity index (χ3n) is 8.57. The van der Waals surface area contributed by atoms with Gasteiger partial charge in [-0.1, -0.05) is 112 Å². The molecule has 10 nitrogen and oxygen atoms in total. The van der Waals surface area contributed by atoms with Gasteiger partial charge < -0.3 is 19.8 Å². The smallest absolute Gasteiger partial charge is 0.408 e. The Labute approximate surface area is 273 Å². The Balaban J connectivity index is 1.90. The predicted octanol–water partition coefficient (Wildman–Crippen LogP) is 7.93. The van der Waals surface area contributed by atoms with E-state index in [0.29, 0.717) is 0 Å². The Hall–Kier alpha value is -4.22. The van der Waals surface area contributed by atoms with Crippen LogP contribution in [0.2, 0.25) is 18.1 Å². The van der Waals surface area contributed by atoms with Crippen LogP contribution in [0.4, 0.5) is 4.79 Å². The first kappa shape index (κ1) is 34.6. The predicted molar refractivity (Wildman–Crippen MR) is 181 cm³/mol. The van der Waals surface area contributed by atoms with E-state index >= 15 is 0 Å². The van der Waals surface area contributed by atoms with E-state index in [0.717, 1.165) is 16.7 Å². The van der Waals surface area contributed by atoms with Gasteiger partial charge in [-0.2, -0.15) is 0 Å². The summed E-state index contributed by atoms with van der Waals surface area (Å²) in [6, 6.07) is 28.0. The summed E-state index contributed by atoms with van der Waals surface area (Å²) in [5.74, 6) is -2.36. The molecule has 1 aliphatic heterocycles. The number of carbonyl (C=O) groups excluding carboxylic acids is 2. The van der Waals surface area contributed by atoms with Gasteiger partial charge in [-0.05, 0) is 73.0 Å². The highest BCUT2D eigenvalue weighted by Gasteiger charge is 2.60. The Bertz CT molecular complexity index is 1440. The number of hydrogen-bond acceptors (Lipinski definition) is 8. The molecule has 0 radical (unpaired) electrons. The van der Waals surface area contributed by atoms with Crippen LogP contribution in [-0.2, 0) is 19.4 Å². The molecule has 1 heterocycles. The third kappa shape index (κ3) is 7.10. The summed E-state index contributed by atoms with van der Waals surface area (Å²) < 4.78 is 12.2. The number of hydrogen-bond donors (Lipinski definition) is 2. The van der Waals surface area contributed by atoms with Crippen LogP contribution >= 0.6 is 0 Å². The molecule has 2 N–H and O–H groups in total. The molecule has 3 aromatic rings. The van der Waals surface area contributed by atoms with E-state index in [2.05, 4.69) is 65.2 Å². The summed E-state index contributed by atoms with van der Waals surface area (Å²) in [5, 5.41) is 22.9. The highest BCUT2D eigenvalue weighted by atomic mass is 28.4. The van der Waals surface area contributed by atoms with Gasteiger partial charge in [-0.3, -0.25) is 4.79 Å².